The molecule has 0 aliphatic heterocycles. The van der Waals surface area contributed by atoms with Crippen molar-refractivity contribution in [3.63, 3.8) is 0 Å². The van der Waals surface area contributed by atoms with Crippen LogP contribution in [0.25, 0.3) is 22.6 Å². The summed E-state index contributed by atoms with van der Waals surface area (Å²) >= 11 is 0. The summed E-state index contributed by atoms with van der Waals surface area (Å²) in [4.78, 5) is 10.2. The van der Waals surface area contributed by atoms with Gasteiger partial charge in [0.1, 0.15) is 5.75 Å². The molecule has 1 heterocycles. The molecule has 0 fully saturated rings. The summed E-state index contributed by atoms with van der Waals surface area (Å²) in [5.41, 5.74) is 5.93. The second-order valence-corrected chi connectivity index (χ2v) is 8.24. The quantitative estimate of drug-likeness (QED) is 0.473. The number of benzene rings is 2. The van der Waals surface area contributed by atoms with Gasteiger partial charge >= 0.3 is 0 Å². The van der Waals surface area contributed by atoms with Gasteiger partial charge < -0.3 is 4.74 Å². The summed E-state index contributed by atoms with van der Waals surface area (Å²) in [5.74, 6) is 1.72. The van der Waals surface area contributed by atoms with Gasteiger partial charge in [-0.25, -0.2) is 9.97 Å². The van der Waals surface area contributed by atoms with Crippen molar-refractivity contribution in [3.8, 4) is 28.4 Å². The van der Waals surface area contributed by atoms with Gasteiger partial charge in [0.2, 0.25) is 0 Å². The molecular formula is C27H32N2O. The van der Waals surface area contributed by atoms with E-state index >= 15 is 0 Å². The lowest BCUT2D eigenvalue weighted by molar-refractivity contribution is 0.415. The number of nitrogens with zero attached hydrogens (tertiary/aromatic N) is 2. The van der Waals surface area contributed by atoms with Gasteiger partial charge in [-0.15, -0.1) is 0 Å². The zero-order valence-electron chi connectivity index (χ0n) is 18.1. The molecule has 3 aromatic rings. The van der Waals surface area contributed by atoms with E-state index in [1.807, 2.05) is 18.2 Å². The van der Waals surface area contributed by atoms with Gasteiger partial charge in [-0.3, -0.25) is 0 Å². The first kappa shape index (κ1) is 20.6. The molecule has 3 heteroatoms. The van der Waals surface area contributed by atoms with E-state index in [4.69, 9.17) is 14.7 Å². The molecule has 3 nitrogen and oxygen atoms in total. The maximum absolute atomic E-state index is 5.37. The lowest BCUT2D eigenvalue weighted by Gasteiger charge is -2.17. The molecule has 0 radical (unpaired) electrons. The number of fused-ring (bicyclic) bond motifs is 1. The number of methoxy groups -OCH3 is 1. The fourth-order valence-corrected chi connectivity index (χ4v) is 4.36. The molecule has 0 N–H and O–H groups in total. The lowest BCUT2D eigenvalue weighted by Crippen LogP contribution is -2.07. The van der Waals surface area contributed by atoms with Gasteiger partial charge in [0.05, 0.1) is 12.8 Å². The van der Waals surface area contributed by atoms with Crippen LogP contribution in [-0.4, -0.2) is 17.1 Å². The third-order valence-corrected chi connectivity index (χ3v) is 6.08. The van der Waals surface area contributed by atoms with Crippen LogP contribution < -0.4 is 4.74 Å². The maximum Gasteiger partial charge on any atom is 0.160 e. The minimum absolute atomic E-state index is 0.840. The smallest absolute Gasteiger partial charge is 0.160 e. The summed E-state index contributed by atoms with van der Waals surface area (Å²) < 4.78 is 5.37. The molecular weight excluding hydrogens is 368 g/mol. The fraction of sp³-hybridized carbons (Fsp3) is 0.407. The van der Waals surface area contributed by atoms with Crippen LogP contribution in [0.3, 0.4) is 0 Å². The molecule has 0 spiro atoms. The second kappa shape index (κ2) is 10.4. The molecule has 0 unspecified atom stereocenters. The highest BCUT2D eigenvalue weighted by Crippen LogP contribution is 2.31. The first-order chi connectivity index (χ1) is 14.8. The Kier molecular flexibility index (Phi) is 7.12. The molecule has 0 bridgehead atoms. The van der Waals surface area contributed by atoms with Crippen molar-refractivity contribution in [1.82, 2.24) is 9.97 Å². The number of aryl methyl sites for hydroxylation is 1. The predicted octanol–water partition coefficient (Wildman–Crippen LogP) is 7.04. The first-order valence-electron chi connectivity index (χ1n) is 11.4. The average molecular weight is 401 g/mol. The van der Waals surface area contributed by atoms with E-state index < -0.39 is 0 Å². The summed E-state index contributed by atoms with van der Waals surface area (Å²) in [6.45, 7) is 0. The van der Waals surface area contributed by atoms with Crippen LogP contribution >= 0.6 is 0 Å². The molecule has 1 aliphatic carbocycles. The van der Waals surface area contributed by atoms with E-state index in [-0.39, 0.29) is 0 Å². The number of hydrogen-bond acceptors (Lipinski definition) is 3. The topological polar surface area (TPSA) is 35.0 Å². The van der Waals surface area contributed by atoms with Gasteiger partial charge in [-0.1, -0.05) is 68.9 Å². The predicted molar refractivity (Wildman–Crippen MR) is 124 cm³/mol. The van der Waals surface area contributed by atoms with E-state index in [9.17, 15) is 0 Å². The van der Waals surface area contributed by atoms with Crippen LogP contribution in [-0.2, 0) is 12.8 Å². The summed E-state index contributed by atoms with van der Waals surface area (Å²) in [5, 5.41) is 0. The van der Waals surface area contributed by atoms with Crippen LogP contribution in [0.15, 0.2) is 54.6 Å². The fourth-order valence-electron chi connectivity index (χ4n) is 4.36. The van der Waals surface area contributed by atoms with Crippen molar-refractivity contribution < 1.29 is 4.74 Å². The monoisotopic (exact) mass is 400 g/mol. The summed E-state index contributed by atoms with van der Waals surface area (Å²) in [6.07, 6.45) is 12.6. The van der Waals surface area contributed by atoms with Crippen molar-refractivity contribution >= 4 is 0 Å². The highest BCUT2D eigenvalue weighted by atomic mass is 16.5. The van der Waals surface area contributed by atoms with Crippen molar-refractivity contribution in [2.45, 2.75) is 64.2 Å². The van der Waals surface area contributed by atoms with E-state index in [2.05, 4.69) is 36.4 Å². The Labute approximate surface area is 180 Å². The molecule has 2 aromatic carbocycles. The van der Waals surface area contributed by atoms with Crippen molar-refractivity contribution in [2.24, 2.45) is 0 Å². The van der Waals surface area contributed by atoms with E-state index in [0.717, 1.165) is 41.2 Å². The van der Waals surface area contributed by atoms with Gasteiger partial charge in [-0.05, 0) is 49.9 Å². The van der Waals surface area contributed by atoms with Gasteiger partial charge in [0.15, 0.2) is 5.82 Å². The Morgan fingerprint density at radius 2 is 1.27 bits per heavy atom. The first-order valence-corrected chi connectivity index (χ1v) is 11.4. The number of rotatable bonds is 3. The molecule has 0 saturated heterocycles. The minimum Gasteiger partial charge on any atom is -0.497 e. The Morgan fingerprint density at radius 1 is 0.633 bits per heavy atom. The molecule has 1 aromatic heterocycles. The van der Waals surface area contributed by atoms with Crippen molar-refractivity contribution in [3.05, 3.63) is 65.9 Å². The normalized spacial score (nSPS) is 15.5. The SMILES string of the molecule is COc1ccc(-c2nc(-c3ccccc3)nc3c2CCCCCCCCCC3)cc1. The largest absolute Gasteiger partial charge is 0.497 e. The van der Waals surface area contributed by atoms with Crippen LogP contribution in [0.5, 0.6) is 5.75 Å². The molecule has 0 saturated carbocycles. The molecule has 1 aliphatic rings. The Bertz CT molecular complexity index is 935. The highest BCUT2D eigenvalue weighted by Gasteiger charge is 2.17. The van der Waals surface area contributed by atoms with Crippen LogP contribution in [0.4, 0.5) is 0 Å². The molecule has 0 atom stereocenters. The van der Waals surface area contributed by atoms with Gasteiger partial charge in [-0.2, -0.15) is 0 Å². The Balaban J connectivity index is 1.80. The Hall–Kier alpha value is -2.68. The number of ether oxygens (including phenoxy) is 1. The summed E-state index contributed by atoms with van der Waals surface area (Å²) in [6, 6.07) is 18.7. The maximum atomic E-state index is 5.37. The van der Waals surface area contributed by atoms with E-state index in [1.54, 1.807) is 7.11 Å². The number of aromatic nitrogens is 2. The third kappa shape index (κ3) is 5.08. The third-order valence-electron chi connectivity index (χ3n) is 6.08. The van der Waals surface area contributed by atoms with Crippen molar-refractivity contribution in [1.29, 1.82) is 0 Å². The van der Waals surface area contributed by atoms with E-state index in [0.29, 0.717) is 0 Å². The van der Waals surface area contributed by atoms with Crippen LogP contribution in [0.2, 0.25) is 0 Å². The zero-order valence-corrected chi connectivity index (χ0v) is 18.1. The van der Waals surface area contributed by atoms with Crippen LogP contribution in [0, 0.1) is 0 Å². The molecule has 156 valence electrons. The molecule has 0 amide bonds. The summed E-state index contributed by atoms with van der Waals surface area (Å²) in [7, 11) is 1.71. The molecule has 30 heavy (non-hydrogen) atoms. The van der Waals surface area contributed by atoms with Crippen LogP contribution in [0.1, 0.15) is 62.6 Å². The minimum atomic E-state index is 0.840. The molecule has 4 rings (SSSR count). The van der Waals surface area contributed by atoms with Gasteiger partial charge in [0, 0.05) is 22.4 Å². The average Bonchev–Trinajstić information content (AvgIpc) is 2.80. The van der Waals surface area contributed by atoms with Gasteiger partial charge in [0.25, 0.3) is 0 Å². The Morgan fingerprint density at radius 3 is 1.93 bits per heavy atom. The number of hydrogen-bond donors (Lipinski definition) is 0. The van der Waals surface area contributed by atoms with Crippen molar-refractivity contribution in [2.75, 3.05) is 7.11 Å². The highest BCUT2D eigenvalue weighted by molar-refractivity contribution is 5.68. The second-order valence-electron chi connectivity index (χ2n) is 8.24. The van der Waals surface area contributed by atoms with E-state index in [1.165, 1.54) is 62.6 Å². The standard InChI is InChI=1S/C27H32N2O/c1-30-23-19-17-21(18-20-23)26-24-15-11-6-4-2-3-5-7-12-16-25(24)28-27(29-26)22-13-9-8-10-14-22/h8-10,13-14,17-20H,2-7,11-12,15-16H2,1H3. The lowest BCUT2D eigenvalue weighted by atomic mass is 9.94. The zero-order chi connectivity index (χ0) is 20.6.